The summed E-state index contributed by atoms with van der Waals surface area (Å²) in [4.78, 5) is 12.4. The maximum absolute atomic E-state index is 13.2. The first kappa shape index (κ1) is 21.4. The monoisotopic (exact) mass is 428 g/mol. The van der Waals surface area contributed by atoms with E-state index in [4.69, 9.17) is 11.6 Å². The zero-order chi connectivity index (χ0) is 21.0. The second-order valence-electron chi connectivity index (χ2n) is 7.27. The van der Waals surface area contributed by atoms with Crippen LogP contribution in [0.4, 0.5) is 23.2 Å². The zero-order valence-electron chi connectivity index (χ0n) is 15.5. The minimum atomic E-state index is -4.54. The van der Waals surface area contributed by atoms with Crippen molar-refractivity contribution in [3.8, 4) is 0 Å². The molecule has 2 N–H and O–H groups in total. The van der Waals surface area contributed by atoms with Crippen molar-refractivity contribution in [3.05, 3.63) is 64.4 Å². The fourth-order valence-electron chi connectivity index (χ4n) is 3.51. The van der Waals surface area contributed by atoms with Crippen LogP contribution >= 0.6 is 11.6 Å². The van der Waals surface area contributed by atoms with Gasteiger partial charge in [0.25, 0.3) is 5.91 Å². The van der Waals surface area contributed by atoms with Crippen LogP contribution in [-0.4, -0.2) is 18.5 Å². The molecule has 0 atom stereocenters. The van der Waals surface area contributed by atoms with Crippen LogP contribution in [0.5, 0.6) is 0 Å². The Balaban J connectivity index is 1.51. The smallest absolute Gasteiger partial charge is 0.385 e. The minimum absolute atomic E-state index is 0.0107. The molecular formula is C21H21ClF4N2O. The molecule has 1 aliphatic rings. The molecule has 0 aromatic heterocycles. The number of carbonyl (C=O) groups is 1. The van der Waals surface area contributed by atoms with Crippen LogP contribution in [0.3, 0.4) is 0 Å². The summed E-state index contributed by atoms with van der Waals surface area (Å²) in [5.41, 5.74) is -0.352. The van der Waals surface area contributed by atoms with E-state index in [-0.39, 0.29) is 22.4 Å². The Morgan fingerprint density at radius 2 is 1.79 bits per heavy atom. The van der Waals surface area contributed by atoms with Crippen LogP contribution in [0.15, 0.2) is 42.5 Å². The van der Waals surface area contributed by atoms with Crippen molar-refractivity contribution >= 4 is 23.2 Å². The van der Waals surface area contributed by atoms with Gasteiger partial charge in [0.05, 0.1) is 16.1 Å². The van der Waals surface area contributed by atoms with Gasteiger partial charge in [0.1, 0.15) is 5.82 Å². The summed E-state index contributed by atoms with van der Waals surface area (Å²) in [6.07, 6.45) is -1.39. The molecule has 29 heavy (non-hydrogen) atoms. The highest BCUT2D eigenvalue weighted by molar-refractivity contribution is 6.33. The molecule has 1 amide bonds. The third-order valence-corrected chi connectivity index (χ3v) is 5.47. The van der Waals surface area contributed by atoms with Crippen LogP contribution in [0, 0.1) is 11.7 Å². The predicted molar refractivity (Wildman–Crippen MR) is 105 cm³/mol. The Bertz CT molecular complexity index is 864. The number of hydrogen-bond donors (Lipinski definition) is 2. The summed E-state index contributed by atoms with van der Waals surface area (Å²) in [5, 5.41) is 6.00. The number of nitrogens with one attached hydrogen (secondary N) is 2. The van der Waals surface area contributed by atoms with Crippen molar-refractivity contribution in [2.75, 3.05) is 11.9 Å². The Kier molecular flexibility index (Phi) is 6.67. The maximum atomic E-state index is 13.2. The molecule has 3 rings (SSSR count). The number of carbonyl (C=O) groups excluding carboxylic acids is 1. The molecule has 0 spiro atoms. The molecule has 0 aliphatic heterocycles. The number of alkyl halides is 3. The van der Waals surface area contributed by atoms with E-state index in [9.17, 15) is 22.4 Å². The Labute approximate surface area is 171 Å². The molecule has 1 saturated carbocycles. The molecule has 1 fully saturated rings. The summed E-state index contributed by atoms with van der Waals surface area (Å²) < 4.78 is 51.9. The van der Waals surface area contributed by atoms with Crippen molar-refractivity contribution < 1.29 is 22.4 Å². The van der Waals surface area contributed by atoms with Gasteiger partial charge in [-0.05, 0) is 68.0 Å². The summed E-state index contributed by atoms with van der Waals surface area (Å²) in [6, 6.07) is 8.88. The topological polar surface area (TPSA) is 41.1 Å². The van der Waals surface area contributed by atoms with Gasteiger partial charge in [-0.15, -0.1) is 0 Å². The largest absolute Gasteiger partial charge is 0.416 e. The molecule has 0 heterocycles. The number of rotatable bonds is 5. The standard InChI is InChI=1S/C21H21ClF4N2O/c22-19-9-6-14(21(24,25)26)10-18(19)20(29)28-16-7-4-13(5-8-16)12-27-17-3-1-2-15(23)11-17/h1-3,6,9-11,13,16,27H,4-5,7-8,12H2,(H,28,29). The molecule has 0 saturated heterocycles. The predicted octanol–water partition coefficient (Wildman–Crippen LogP) is 5.90. The molecule has 0 unspecified atom stereocenters. The van der Waals surface area contributed by atoms with E-state index < -0.39 is 17.6 Å². The van der Waals surface area contributed by atoms with Crippen LogP contribution in [-0.2, 0) is 6.18 Å². The highest BCUT2D eigenvalue weighted by Gasteiger charge is 2.32. The third-order valence-electron chi connectivity index (χ3n) is 5.14. The first-order chi connectivity index (χ1) is 13.7. The van der Waals surface area contributed by atoms with E-state index in [0.29, 0.717) is 12.5 Å². The normalized spacial score (nSPS) is 19.6. The van der Waals surface area contributed by atoms with Gasteiger partial charge in [0, 0.05) is 18.3 Å². The summed E-state index contributed by atoms with van der Waals surface area (Å²) in [6.45, 7) is 0.698. The fourth-order valence-corrected chi connectivity index (χ4v) is 3.71. The number of benzene rings is 2. The van der Waals surface area contributed by atoms with Gasteiger partial charge in [-0.25, -0.2) is 4.39 Å². The van der Waals surface area contributed by atoms with Crippen LogP contribution in [0.2, 0.25) is 5.02 Å². The number of amides is 1. The van der Waals surface area contributed by atoms with Gasteiger partial charge in [0.15, 0.2) is 0 Å². The molecule has 2 aromatic rings. The quantitative estimate of drug-likeness (QED) is 0.582. The number of hydrogen-bond acceptors (Lipinski definition) is 2. The average Bonchev–Trinajstić information content (AvgIpc) is 2.67. The first-order valence-corrected chi connectivity index (χ1v) is 9.77. The summed E-state index contributed by atoms with van der Waals surface area (Å²) in [7, 11) is 0. The molecular weight excluding hydrogens is 408 g/mol. The first-order valence-electron chi connectivity index (χ1n) is 9.39. The highest BCUT2D eigenvalue weighted by Crippen LogP contribution is 2.32. The fraction of sp³-hybridized carbons (Fsp3) is 0.381. The maximum Gasteiger partial charge on any atom is 0.416 e. The number of anilines is 1. The molecule has 156 valence electrons. The van der Waals surface area contributed by atoms with E-state index >= 15 is 0 Å². The SMILES string of the molecule is O=C(NC1CCC(CNc2cccc(F)c2)CC1)c1cc(C(F)(F)F)ccc1Cl. The van der Waals surface area contributed by atoms with Gasteiger partial charge >= 0.3 is 6.18 Å². The van der Waals surface area contributed by atoms with E-state index in [1.807, 2.05) is 0 Å². The lowest BCUT2D eigenvalue weighted by atomic mass is 9.86. The van der Waals surface area contributed by atoms with Gasteiger partial charge < -0.3 is 10.6 Å². The van der Waals surface area contributed by atoms with Gasteiger partial charge in [-0.2, -0.15) is 13.2 Å². The van der Waals surface area contributed by atoms with Crippen molar-refractivity contribution in [3.63, 3.8) is 0 Å². The van der Waals surface area contributed by atoms with Crippen molar-refractivity contribution in [1.82, 2.24) is 5.32 Å². The molecule has 1 aliphatic carbocycles. The number of halogens is 5. The Morgan fingerprint density at radius 1 is 1.07 bits per heavy atom. The molecule has 0 bridgehead atoms. The lowest BCUT2D eigenvalue weighted by Crippen LogP contribution is -2.38. The minimum Gasteiger partial charge on any atom is -0.385 e. The van der Waals surface area contributed by atoms with Gasteiger partial charge in [0.2, 0.25) is 0 Å². The van der Waals surface area contributed by atoms with E-state index in [0.717, 1.165) is 49.6 Å². The van der Waals surface area contributed by atoms with Crippen LogP contribution < -0.4 is 10.6 Å². The van der Waals surface area contributed by atoms with Crippen LogP contribution in [0.25, 0.3) is 0 Å². The van der Waals surface area contributed by atoms with Crippen molar-refractivity contribution in [1.29, 1.82) is 0 Å². The van der Waals surface area contributed by atoms with Gasteiger partial charge in [-0.1, -0.05) is 17.7 Å². The van der Waals surface area contributed by atoms with Crippen molar-refractivity contribution in [2.24, 2.45) is 5.92 Å². The Morgan fingerprint density at radius 3 is 2.45 bits per heavy atom. The summed E-state index contributed by atoms with van der Waals surface area (Å²) in [5.74, 6) is -0.513. The van der Waals surface area contributed by atoms with E-state index in [2.05, 4.69) is 10.6 Å². The molecule has 3 nitrogen and oxygen atoms in total. The van der Waals surface area contributed by atoms with Gasteiger partial charge in [-0.3, -0.25) is 4.79 Å². The molecule has 8 heteroatoms. The van der Waals surface area contributed by atoms with Crippen molar-refractivity contribution in [2.45, 2.75) is 37.9 Å². The Hall–Kier alpha value is -2.28. The lowest BCUT2D eigenvalue weighted by molar-refractivity contribution is -0.137. The lowest BCUT2D eigenvalue weighted by Gasteiger charge is -2.29. The van der Waals surface area contributed by atoms with E-state index in [1.54, 1.807) is 12.1 Å². The highest BCUT2D eigenvalue weighted by atomic mass is 35.5. The van der Waals surface area contributed by atoms with E-state index in [1.165, 1.54) is 12.1 Å². The zero-order valence-corrected chi connectivity index (χ0v) is 16.3. The van der Waals surface area contributed by atoms with Crippen LogP contribution in [0.1, 0.15) is 41.6 Å². The molecule has 2 aromatic carbocycles. The summed E-state index contributed by atoms with van der Waals surface area (Å²) >= 11 is 5.93. The second kappa shape index (κ2) is 9.03. The second-order valence-corrected chi connectivity index (χ2v) is 7.68. The molecule has 0 radical (unpaired) electrons. The third kappa shape index (κ3) is 5.85. The average molecular weight is 429 g/mol.